The summed E-state index contributed by atoms with van der Waals surface area (Å²) in [5, 5.41) is 3.07. The van der Waals surface area contributed by atoms with E-state index in [9.17, 15) is 4.79 Å². The second kappa shape index (κ2) is 6.65. The lowest BCUT2D eigenvalue weighted by Crippen LogP contribution is -2.30. The fourth-order valence-corrected chi connectivity index (χ4v) is 3.21. The van der Waals surface area contributed by atoms with Crippen LogP contribution in [0.3, 0.4) is 0 Å². The highest BCUT2D eigenvalue weighted by Gasteiger charge is 2.21. The highest BCUT2D eigenvalue weighted by atomic mass is 16.5. The van der Waals surface area contributed by atoms with Gasteiger partial charge in [-0.1, -0.05) is 36.4 Å². The van der Waals surface area contributed by atoms with E-state index in [1.54, 1.807) is 13.2 Å². The second-order valence-electron chi connectivity index (χ2n) is 5.70. The topological polar surface area (TPSA) is 38.3 Å². The molecule has 1 aliphatic rings. The van der Waals surface area contributed by atoms with Crippen LogP contribution in [0.15, 0.2) is 48.5 Å². The number of ether oxygens (including phenoxy) is 1. The molecular formula is C19H21NO2. The van der Waals surface area contributed by atoms with Gasteiger partial charge in [0.2, 0.25) is 0 Å². The summed E-state index contributed by atoms with van der Waals surface area (Å²) >= 11 is 0. The third-order valence-corrected chi connectivity index (χ3v) is 4.35. The summed E-state index contributed by atoms with van der Waals surface area (Å²) in [6.45, 7) is 0.674. The van der Waals surface area contributed by atoms with E-state index in [-0.39, 0.29) is 5.91 Å². The molecule has 1 amide bonds. The van der Waals surface area contributed by atoms with E-state index < -0.39 is 0 Å². The molecule has 3 rings (SSSR count). The molecule has 0 heterocycles. The van der Waals surface area contributed by atoms with Gasteiger partial charge in [-0.2, -0.15) is 0 Å². The van der Waals surface area contributed by atoms with Crippen molar-refractivity contribution >= 4 is 5.91 Å². The van der Waals surface area contributed by atoms with Crippen LogP contribution in [0, 0.1) is 0 Å². The molecule has 0 saturated carbocycles. The van der Waals surface area contributed by atoms with Gasteiger partial charge in [0.15, 0.2) is 0 Å². The molecule has 0 fully saturated rings. The van der Waals surface area contributed by atoms with Gasteiger partial charge in [-0.05, 0) is 42.5 Å². The number of nitrogens with one attached hydrogen (secondary N) is 1. The molecule has 0 aromatic heterocycles. The lowest BCUT2D eigenvalue weighted by Gasteiger charge is -2.25. The van der Waals surface area contributed by atoms with Crippen LogP contribution in [0.1, 0.15) is 40.2 Å². The summed E-state index contributed by atoms with van der Waals surface area (Å²) in [6.07, 6.45) is 3.46. The zero-order valence-corrected chi connectivity index (χ0v) is 12.8. The predicted molar refractivity (Wildman–Crippen MR) is 87.4 cm³/mol. The smallest absolute Gasteiger partial charge is 0.255 e. The Balaban J connectivity index is 1.70. The SMILES string of the molecule is COc1ccccc1C(=O)NCC1CCCc2ccccc21. The van der Waals surface area contributed by atoms with Crippen molar-refractivity contribution in [2.24, 2.45) is 0 Å². The number of para-hydroxylation sites is 1. The number of benzene rings is 2. The van der Waals surface area contributed by atoms with Crippen LogP contribution in [-0.2, 0) is 6.42 Å². The van der Waals surface area contributed by atoms with Crippen molar-refractivity contribution in [1.29, 1.82) is 0 Å². The normalized spacial score (nSPS) is 16.7. The maximum Gasteiger partial charge on any atom is 0.255 e. The maximum absolute atomic E-state index is 12.4. The number of aryl methyl sites for hydroxylation is 1. The van der Waals surface area contributed by atoms with Crippen molar-refractivity contribution in [3.8, 4) is 5.75 Å². The average molecular weight is 295 g/mol. The van der Waals surface area contributed by atoms with Crippen molar-refractivity contribution in [2.45, 2.75) is 25.2 Å². The van der Waals surface area contributed by atoms with E-state index in [0.717, 1.165) is 12.8 Å². The molecule has 3 heteroatoms. The first-order valence-corrected chi connectivity index (χ1v) is 7.78. The number of hydrogen-bond acceptors (Lipinski definition) is 2. The Labute approximate surface area is 131 Å². The van der Waals surface area contributed by atoms with E-state index >= 15 is 0 Å². The van der Waals surface area contributed by atoms with Gasteiger partial charge in [0, 0.05) is 12.5 Å². The summed E-state index contributed by atoms with van der Waals surface area (Å²) in [6, 6.07) is 15.9. The minimum atomic E-state index is -0.0690. The molecular weight excluding hydrogens is 274 g/mol. The quantitative estimate of drug-likeness (QED) is 0.937. The predicted octanol–water partition coefficient (Wildman–Crippen LogP) is 3.55. The van der Waals surface area contributed by atoms with E-state index in [1.165, 1.54) is 17.5 Å². The Hall–Kier alpha value is -2.29. The van der Waals surface area contributed by atoms with Crippen molar-refractivity contribution in [3.63, 3.8) is 0 Å². The van der Waals surface area contributed by atoms with Crippen LogP contribution in [0.2, 0.25) is 0 Å². The fourth-order valence-electron chi connectivity index (χ4n) is 3.21. The zero-order chi connectivity index (χ0) is 15.4. The number of amides is 1. The number of hydrogen-bond donors (Lipinski definition) is 1. The summed E-state index contributed by atoms with van der Waals surface area (Å²) in [5.74, 6) is 0.952. The summed E-state index contributed by atoms with van der Waals surface area (Å²) in [7, 11) is 1.59. The first-order chi connectivity index (χ1) is 10.8. The first kappa shape index (κ1) is 14.6. The minimum absolute atomic E-state index is 0.0690. The highest BCUT2D eigenvalue weighted by Crippen LogP contribution is 2.31. The van der Waals surface area contributed by atoms with Crippen LogP contribution in [-0.4, -0.2) is 19.6 Å². The Kier molecular flexibility index (Phi) is 4.42. The van der Waals surface area contributed by atoms with E-state index in [1.807, 2.05) is 18.2 Å². The molecule has 0 radical (unpaired) electrons. The van der Waals surface area contributed by atoms with Crippen LogP contribution < -0.4 is 10.1 Å². The molecule has 1 atom stereocenters. The van der Waals surface area contributed by atoms with Crippen LogP contribution >= 0.6 is 0 Å². The van der Waals surface area contributed by atoms with Crippen molar-refractivity contribution in [2.75, 3.05) is 13.7 Å². The molecule has 0 saturated heterocycles. The van der Waals surface area contributed by atoms with Crippen LogP contribution in [0.5, 0.6) is 5.75 Å². The standard InChI is InChI=1S/C19H21NO2/c1-22-18-12-5-4-11-17(18)19(21)20-13-15-9-6-8-14-7-2-3-10-16(14)15/h2-5,7,10-12,15H,6,8-9,13H2,1H3,(H,20,21). The fraction of sp³-hybridized carbons (Fsp3) is 0.316. The lowest BCUT2D eigenvalue weighted by molar-refractivity contribution is 0.0947. The van der Waals surface area contributed by atoms with Crippen molar-refractivity contribution in [3.05, 3.63) is 65.2 Å². The van der Waals surface area contributed by atoms with Gasteiger partial charge in [-0.15, -0.1) is 0 Å². The number of carbonyl (C=O) groups excluding carboxylic acids is 1. The van der Waals surface area contributed by atoms with Crippen molar-refractivity contribution < 1.29 is 9.53 Å². The minimum Gasteiger partial charge on any atom is -0.496 e. The molecule has 1 aliphatic carbocycles. The second-order valence-corrected chi connectivity index (χ2v) is 5.70. The molecule has 0 aliphatic heterocycles. The number of carbonyl (C=O) groups is 1. The summed E-state index contributed by atoms with van der Waals surface area (Å²) < 4.78 is 5.25. The van der Waals surface area contributed by atoms with Gasteiger partial charge in [0.05, 0.1) is 12.7 Å². The zero-order valence-electron chi connectivity index (χ0n) is 12.8. The third kappa shape index (κ3) is 2.98. The lowest BCUT2D eigenvalue weighted by atomic mass is 9.83. The maximum atomic E-state index is 12.4. The van der Waals surface area contributed by atoms with Crippen LogP contribution in [0.4, 0.5) is 0 Å². The molecule has 0 bridgehead atoms. The Bertz CT molecular complexity index is 666. The molecule has 2 aromatic carbocycles. The van der Waals surface area contributed by atoms with Gasteiger partial charge in [0.25, 0.3) is 5.91 Å². The van der Waals surface area contributed by atoms with Crippen molar-refractivity contribution in [1.82, 2.24) is 5.32 Å². The van der Waals surface area contributed by atoms with Crippen LogP contribution in [0.25, 0.3) is 0 Å². The van der Waals surface area contributed by atoms with Gasteiger partial charge >= 0.3 is 0 Å². The molecule has 114 valence electrons. The highest BCUT2D eigenvalue weighted by molar-refractivity contribution is 5.96. The monoisotopic (exact) mass is 295 g/mol. The Morgan fingerprint density at radius 1 is 1.18 bits per heavy atom. The largest absolute Gasteiger partial charge is 0.496 e. The van der Waals surface area contributed by atoms with E-state index in [4.69, 9.17) is 4.74 Å². The number of rotatable bonds is 4. The molecule has 2 aromatic rings. The van der Waals surface area contributed by atoms with Gasteiger partial charge < -0.3 is 10.1 Å². The number of methoxy groups -OCH3 is 1. The third-order valence-electron chi connectivity index (χ3n) is 4.35. The molecule has 22 heavy (non-hydrogen) atoms. The molecule has 3 nitrogen and oxygen atoms in total. The summed E-state index contributed by atoms with van der Waals surface area (Å²) in [5.41, 5.74) is 3.40. The molecule has 0 spiro atoms. The first-order valence-electron chi connectivity index (χ1n) is 7.78. The number of fused-ring (bicyclic) bond motifs is 1. The summed E-state index contributed by atoms with van der Waals surface area (Å²) in [4.78, 5) is 12.4. The molecule has 1 unspecified atom stereocenters. The Morgan fingerprint density at radius 3 is 2.82 bits per heavy atom. The van der Waals surface area contributed by atoms with Gasteiger partial charge in [-0.25, -0.2) is 0 Å². The molecule has 1 N–H and O–H groups in total. The van der Waals surface area contributed by atoms with Gasteiger partial charge in [0.1, 0.15) is 5.75 Å². The van der Waals surface area contributed by atoms with E-state index in [0.29, 0.717) is 23.8 Å². The van der Waals surface area contributed by atoms with Gasteiger partial charge in [-0.3, -0.25) is 4.79 Å². The average Bonchev–Trinajstić information content (AvgIpc) is 2.59. The van der Waals surface area contributed by atoms with E-state index in [2.05, 4.69) is 29.6 Å². The Morgan fingerprint density at radius 2 is 1.95 bits per heavy atom.